The Bertz CT molecular complexity index is 423. The first-order valence-corrected chi connectivity index (χ1v) is 4.11. The Morgan fingerprint density at radius 3 is 2.93 bits per heavy atom. The van der Waals surface area contributed by atoms with Crippen LogP contribution in [0.4, 0.5) is 5.69 Å². The molecule has 0 saturated heterocycles. The first-order valence-electron chi connectivity index (χ1n) is 4.11. The quantitative estimate of drug-likeness (QED) is 0.748. The van der Waals surface area contributed by atoms with Gasteiger partial charge in [-0.25, -0.2) is 4.98 Å². The number of oxazole rings is 1. The molecule has 0 fully saturated rings. The van der Waals surface area contributed by atoms with Gasteiger partial charge in [-0.3, -0.25) is 4.79 Å². The van der Waals surface area contributed by atoms with Crippen LogP contribution in [0.25, 0.3) is 11.5 Å². The fourth-order valence-electron chi connectivity index (χ4n) is 1.22. The van der Waals surface area contributed by atoms with Gasteiger partial charge in [-0.05, 0) is 12.1 Å². The maximum Gasteiger partial charge on any atom is 0.227 e. The number of nitrogens with one attached hydrogen (secondary N) is 1. The number of carbonyl (C=O) groups excluding carboxylic acids is 1. The monoisotopic (exact) mass is 188 g/mol. The highest BCUT2D eigenvalue weighted by molar-refractivity contribution is 5.82. The highest BCUT2D eigenvalue weighted by Gasteiger charge is 2.06. The summed E-state index contributed by atoms with van der Waals surface area (Å²) in [7, 11) is 0. The smallest absolute Gasteiger partial charge is 0.227 e. The molecule has 0 unspecified atom stereocenters. The normalized spacial score (nSPS) is 9.71. The number of aromatic nitrogens is 1. The highest BCUT2D eigenvalue weighted by atomic mass is 16.3. The van der Waals surface area contributed by atoms with E-state index in [0.717, 1.165) is 5.56 Å². The lowest BCUT2D eigenvalue weighted by Gasteiger charge is -2.03. The Morgan fingerprint density at radius 2 is 2.21 bits per heavy atom. The number of amides is 1. The van der Waals surface area contributed by atoms with Crippen molar-refractivity contribution in [1.29, 1.82) is 0 Å². The third-order valence-electron chi connectivity index (χ3n) is 1.80. The summed E-state index contributed by atoms with van der Waals surface area (Å²) in [6.07, 6.45) is 3.68. The van der Waals surface area contributed by atoms with Gasteiger partial charge in [0.25, 0.3) is 0 Å². The minimum atomic E-state index is 0.495. The van der Waals surface area contributed by atoms with Gasteiger partial charge in [0.05, 0.1) is 17.4 Å². The molecular weight excluding hydrogens is 180 g/mol. The molecule has 0 radical (unpaired) electrons. The topological polar surface area (TPSA) is 55.1 Å². The second-order valence-electron chi connectivity index (χ2n) is 2.65. The van der Waals surface area contributed by atoms with Gasteiger partial charge in [-0.15, -0.1) is 0 Å². The predicted molar refractivity (Wildman–Crippen MR) is 51.6 cm³/mol. The summed E-state index contributed by atoms with van der Waals surface area (Å²) in [6, 6.07) is 7.30. The van der Waals surface area contributed by atoms with Crippen molar-refractivity contribution in [3.63, 3.8) is 0 Å². The molecule has 2 rings (SSSR count). The third-order valence-corrected chi connectivity index (χ3v) is 1.80. The molecule has 1 aromatic heterocycles. The van der Waals surface area contributed by atoms with Gasteiger partial charge in [0.2, 0.25) is 12.3 Å². The Kier molecular flexibility index (Phi) is 2.27. The molecule has 14 heavy (non-hydrogen) atoms. The van der Waals surface area contributed by atoms with Crippen LogP contribution < -0.4 is 5.32 Å². The van der Waals surface area contributed by atoms with E-state index in [0.29, 0.717) is 18.0 Å². The summed E-state index contributed by atoms with van der Waals surface area (Å²) < 4.78 is 5.14. The van der Waals surface area contributed by atoms with Crippen molar-refractivity contribution in [3.05, 3.63) is 36.7 Å². The summed E-state index contributed by atoms with van der Waals surface area (Å²) in [4.78, 5) is 14.3. The molecule has 2 aromatic rings. The van der Waals surface area contributed by atoms with E-state index < -0.39 is 0 Å². The van der Waals surface area contributed by atoms with E-state index in [1.807, 2.05) is 18.2 Å². The van der Waals surface area contributed by atoms with Crippen LogP contribution in [0.15, 0.2) is 41.1 Å². The minimum absolute atomic E-state index is 0.495. The predicted octanol–water partition coefficient (Wildman–Crippen LogP) is 1.91. The molecule has 0 aliphatic carbocycles. The van der Waals surface area contributed by atoms with Gasteiger partial charge in [0.15, 0.2) is 0 Å². The maximum atomic E-state index is 10.3. The Morgan fingerprint density at radius 1 is 1.36 bits per heavy atom. The highest BCUT2D eigenvalue weighted by Crippen LogP contribution is 2.25. The number of anilines is 1. The van der Waals surface area contributed by atoms with Gasteiger partial charge >= 0.3 is 0 Å². The van der Waals surface area contributed by atoms with Gasteiger partial charge < -0.3 is 9.73 Å². The number of hydrogen-bond donors (Lipinski definition) is 1. The van der Waals surface area contributed by atoms with E-state index in [-0.39, 0.29) is 0 Å². The fraction of sp³-hybridized carbons (Fsp3) is 0. The molecule has 1 heterocycles. The van der Waals surface area contributed by atoms with Crippen molar-refractivity contribution in [1.82, 2.24) is 4.98 Å². The first-order chi connectivity index (χ1) is 6.92. The molecule has 0 aliphatic rings. The number of carbonyl (C=O) groups is 1. The van der Waals surface area contributed by atoms with Gasteiger partial charge in [0.1, 0.15) is 6.26 Å². The molecule has 4 nitrogen and oxygen atoms in total. The fourth-order valence-corrected chi connectivity index (χ4v) is 1.22. The first kappa shape index (κ1) is 8.50. The van der Waals surface area contributed by atoms with Crippen LogP contribution in [0, 0.1) is 0 Å². The van der Waals surface area contributed by atoms with E-state index in [2.05, 4.69) is 10.3 Å². The third kappa shape index (κ3) is 1.50. The van der Waals surface area contributed by atoms with E-state index >= 15 is 0 Å². The number of hydrogen-bond acceptors (Lipinski definition) is 3. The summed E-state index contributed by atoms with van der Waals surface area (Å²) in [5, 5.41) is 2.58. The van der Waals surface area contributed by atoms with Gasteiger partial charge in [-0.1, -0.05) is 12.1 Å². The van der Waals surface area contributed by atoms with Crippen LogP contribution in [0.1, 0.15) is 0 Å². The number of para-hydroxylation sites is 1. The summed E-state index contributed by atoms with van der Waals surface area (Å²) >= 11 is 0. The second kappa shape index (κ2) is 3.74. The molecule has 1 N–H and O–H groups in total. The molecule has 1 amide bonds. The van der Waals surface area contributed by atoms with Crippen LogP contribution in [0.5, 0.6) is 0 Å². The molecule has 0 bridgehead atoms. The van der Waals surface area contributed by atoms with Crippen molar-refractivity contribution >= 4 is 12.1 Å². The van der Waals surface area contributed by atoms with Crippen molar-refractivity contribution in [2.75, 3.05) is 5.32 Å². The van der Waals surface area contributed by atoms with Crippen LogP contribution in [0.2, 0.25) is 0 Å². The van der Waals surface area contributed by atoms with Gasteiger partial charge in [-0.2, -0.15) is 0 Å². The lowest BCUT2D eigenvalue weighted by molar-refractivity contribution is -0.105. The Hall–Kier alpha value is -2.10. The minimum Gasteiger partial charge on any atom is -0.444 e. The van der Waals surface area contributed by atoms with Crippen LogP contribution >= 0.6 is 0 Å². The van der Waals surface area contributed by atoms with E-state index in [9.17, 15) is 4.79 Å². The zero-order chi connectivity index (χ0) is 9.80. The van der Waals surface area contributed by atoms with Crippen LogP contribution in [-0.4, -0.2) is 11.4 Å². The van der Waals surface area contributed by atoms with E-state index in [1.165, 1.54) is 6.26 Å². The summed E-state index contributed by atoms with van der Waals surface area (Å²) in [6.45, 7) is 0. The molecule has 0 spiro atoms. The molecule has 4 heteroatoms. The average Bonchev–Trinajstić information content (AvgIpc) is 2.72. The number of rotatable bonds is 3. The lowest BCUT2D eigenvalue weighted by atomic mass is 10.2. The van der Waals surface area contributed by atoms with Gasteiger partial charge in [0, 0.05) is 0 Å². The van der Waals surface area contributed by atoms with Crippen LogP contribution in [0.3, 0.4) is 0 Å². The maximum absolute atomic E-state index is 10.3. The van der Waals surface area contributed by atoms with Crippen molar-refractivity contribution in [2.45, 2.75) is 0 Å². The Labute approximate surface area is 80.6 Å². The largest absolute Gasteiger partial charge is 0.444 e. The molecule has 0 aliphatic heterocycles. The zero-order valence-corrected chi connectivity index (χ0v) is 7.31. The SMILES string of the molecule is O=CNc1ccccc1-c1ncco1. The zero-order valence-electron chi connectivity index (χ0n) is 7.31. The van der Waals surface area contributed by atoms with E-state index in [1.54, 1.807) is 12.3 Å². The lowest BCUT2D eigenvalue weighted by Crippen LogP contribution is -1.95. The molecule has 0 atom stereocenters. The van der Waals surface area contributed by atoms with Crippen molar-refractivity contribution in [3.8, 4) is 11.5 Å². The standard InChI is InChI=1S/C10H8N2O2/c13-7-12-9-4-2-1-3-8(9)10-11-5-6-14-10/h1-7H,(H,12,13). The molecule has 1 aromatic carbocycles. The van der Waals surface area contributed by atoms with Crippen molar-refractivity contribution in [2.24, 2.45) is 0 Å². The summed E-state index contributed by atoms with van der Waals surface area (Å²) in [5.41, 5.74) is 1.45. The average molecular weight is 188 g/mol. The van der Waals surface area contributed by atoms with E-state index in [4.69, 9.17) is 4.42 Å². The van der Waals surface area contributed by atoms with Crippen LogP contribution in [-0.2, 0) is 4.79 Å². The second-order valence-corrected chi connectivity index (χ2v) is 2.65. The molecule has 0 saturated carbocycles. The number of benzene rings is 1. The molecular formula is C10H8N2O2. The van der Waals surface area contributed by atoms with Crippen molar-refractivity contribution < 1.29 is 9.21 Å². The Balaban J connectivity index is 2.46. The number of nitrogens with zero attached hydrogens (tertiary/aromatic N) is 1. The molecule has 70 valence electrons. The summed E-state index contributed by atoms with van der Waals surface area (Å²) in [5.74, 6) is 0.495.